The number of nitrogen functional groups attached to an aromatic ring is 1. The fourth-order valence-electron chi connectivity index (χ4n) is 1.93. The standard InChI is InChI=1S/C16H27N3O2/c1-13(2)7-9-21-10-8-19(12-16(18)20)11-14-3-5-15(17)6-4-14/h3-6,13H,7-12,17H2,1-2H3,(H2,18,20). The maximum atomic E-state index is 11.2. The molecular formula is C16H27N3O2. The second-order valence-electron chi connectivity index (χ2n) is 5.71. The highest BCUT2D eigenvalue weighted by molar-refractivity contribution is 5.75. The van der Waals surface area contributed by atoms with Gasteiger partial charge in [-0.1, -0.05) is 26.0 Å². The first-order valence-corrected chi connectivity index (χ1v) is 7.40. The summed E-state index contributed by atoms with van der Waals surface area (Å²) in [5, 5.41) is 0. The van der Waals surface area contributed by atoms with Crippen LogP contribution in [0.15, 0.2) is 24.3 Å². The molecule has 0 aliphatic rings. The van der Waals surface area contributed by atoms with Crippen LogP contribution in [0.1, 0.15) is 25.8 Å². The minimum absolute atomic E-state index is 0.234. The van der Waals surface area contributed by atoms with E-state index in [9.17, 15) is 4.79 Å². The molecule has 0 fully saturated rings. The van der Waals surface area contributed by atoms with Crippen LogP contribution in [0.25, 0.3) is 0 Å². The van der Waals surface area contributed by atoms with Gasteiger partial charge in [0.25, 0.3) is 0 Å². The average Bonchev–Trinajstić information content (AvgIpc) is 2.40. The van der Waals surface area contributed by atoms with E-state index in [2.05, 4.69) is 13.8 Å². The molecule has 4 N–H and O–H groups in total. The van der Waals surface area contributed by atoms with Crippen LogP contribution in [0.5, 0.6) is 0 Å². The Labute approximate surface area is 127 Å². The van der Waals surface area contributed by atoms with E-state index in [1.165, 1.54) is 0 Å². The molecule has 0 aromatic heterocycles. The lowest BCUT2D eigenvalue weighted by Crippen LogP contribution is -2.35. The number of primary amides is 1. The first kappa shape index (κ1) is 17.5. The fourth-order valence-corrected chi connectivity index (χ4v) is 1.93. The van der Waals surface area contributed by atoms with Crippen molar-refractivity contribution in [1.29, 1.82) is 0 Å². The molecule has 0 saturated carbocycles. The second-order valence-corrected chi connectivity index (χ2v) is 5.71. The zero-order valence-corrected chi connectivity index (χ0v) is 13.0. The van der Waals surface area contributed by atoms with E-state index in [0.29, 0.717) is 25.6 Å². The Hall–Kier alpha value is -1.59. The fraction of sp³-hybridized carbons (Fsp3) is 0.562. The summed E-state index contributed by atoms with van der Waals surface area (Å²) in [6.45, 7) is 7.28. The molecule has 0 radical (unpaired) electrons. The Balaban J connectivity index is 2.40. The number of nitrogens with zero attached hydrogens (tertiary/aromatic N) is 1. The molecule has 0 atom stereocenters. The molecule has 21 heavy (non-hydrogen) atoms. The van der Waals surface area contributed by atoms with E-state index < -0.39 is 0 Å². The molecule has 5 nitrogen and oxygen atoms in total. The Morgan fingerprint density at radius 3 is 2.48 bits per heavy atom. The number of nitrogens with two attached hydrogens (primary N) is 2. The van der Waals surface area contributed by atoms with Crippen molar-refractivity contribution in [3.8, 4) is 0 Å². The minimum Gasteiger partial charge on any atom is -0.399 e. The molecule has 1 rings (SSSR count). The molecule has 1 aromatic rings. The van der Waals surface area contributed by atoms with E-state index in [1.54, 1.807) is 0 Å². The summed E-state index contributed by atoms with van der Waals surface area (Å²) in [5.74, 6) is 0.314. The van der Waals surface area contributed by atoms with Crippen molar-refractivity contribution in [3.63, 3.8) is 0 Å². The van der Waals surface area contributed by atoms with Crippen molar-refractivity contribution >= 4 is 11.6 Å². The Kier molecular flexibility index (Phi) is 7.79. The van der Waals surface area contributed by atoms with Gasteiger partial charge in [-0.15, -0.1) is 0 Å². The van der Waals surface area contributed by atoms with Gasteiger partial charge in [-0.25, -0.2) is 0 Å². The first-order valence-electron chi connectivity index (χ1n) is 7.40. The smallest absolute Gasteiger partial charge is 0.231 e. The van der Waals surface area contributed by atoms with Crippen molar-refractivity contribution in [1.82, 2.24) is 4.90 Å². The van der Waals surface area contributed by atoms with Crippen LogP contribution in [-0.4, -0.2) is 37.1 Å². The molecule has 0 aliphatic heterocycles. The summed E-state index contributed by atoms with van der Waals surface area (Å²) < 4.78 is 5.60. The van der Waals surface area contributed by atoms with Crippen LogP contribution in [-0.2, 0) is 16.1 Å². The number of anilines is 1. The zero-order chi connectivity index (χ0) is 15.7. The largest absolute Gasteiger partial charge is 0.399 e. The summed E-state index contributed by atoms with van der Waals surface area (Å²) in [6.07, 6.45) is 1.05. The lowest BCUT2D eigenvalue weighted by atomic mass is 10.1. The molecule has 0 heterocycles. The predicted octanol–water partition coefficient (Wildman–Crippen LogP) is 1.62. The van der Waals surface area contributed by atoms with Gasteiger partial charge >= 0.3 is 0 Å². The third kappa shape index (κ3) is 8.32. The normalized spacial score (nSPS) is 11.2. The van der Waals surface area contributed by atoms with Crippen LogP contribution in [0, 0.1) is 5.92 Å². The summed E-state index contributed by atoms with van der Waals surface area (Å²) in [4.78, 5) is 13.1. The van der Waals surface area contributed by atoms with Gasteiger partial charge in [-0.2, -0.15) is 0 Å². The lowest BCUT2D eigenvalue weighted by molar-refractivity contribution is -0.119. The van der Waals surface area contributed by atoms with Crippen molar-refractivity contribution in [3.05, 3.63) is 29.8 Å². The maximum absolute atomic E-state index is 11.2. The summed E-state index contributed by atoms with van der Waals surface area (Å²) in [7, 11) is 0. The number of ether oxygens (including phenoxy) is 1. The highest BCUT2D eigenvalue weighted by atomic mass is 16.5. The van der Waals surface area contributed by atoms with E-state index in [4.69, 9.17) is 16.2 Å². The third-order valence-electron chi connectivity index (χ3n) is 3.16. The van der Waals surface area contributed by atoms with Crippen LogP contribution in [0.4, 0.5) is 5.69 Å². The van der Waals surface area contributed by atoms with Gasteiger partial charge in [0, 0.05) is 25.4 Å². The van der Waals surface area contributed by atoms with Gasteiger partial charge in [-0.05, 0) is 30.0 Å². The minimum atomic E-state index is -0.326. The monoisotopic (exact) mass is 293 g/mol. The number of hydrogen-bond acceptors (Lipinski definition) is 4. The molecule has 0 spiro atoms. The number of hydrogen-bond donors (Lipinski definition) is 2. The number of rotatable bonds is 10. The number of carbonyl (C=O) groups excluding carboxylic acids is 1. The van der Waals surface area contributed by atoms with Gasteiger partial charge in [0.1, 0.15) is 0 Å². The second kappa shape index (κ2) is 9.37. The molecule has 5 heteroatoms. The molecule has 0 unspecified atom stereocenters. The lowest BCUT2D eigenvalue weighted by Gasteiger charge is -2.21. The summed E-state index contributed by atoms with van der Waals surface area (Å²) >= 11 is 0. The van der Waals surface area contributed by atoms with Gasteiger partial charge < -0.3 is 16.2 Å². The van der Waals surface area contributed by atoms with Gasteiger partial charge in [0.05, 0.1) is 13.2 Å². The highest BCUT2D eigenvalue weighted by Gasteiger charge is 2.09. The Morgan fingerprint density at radius 2 is 1.90 bits per heavy atom. The molecule has 0 aliphatic carbocycles. The number of carbonyl (C=O) groups is 1. The predicted molar refractivity (Wildman–Crippen MR) is 85.6 cm³/mol. The van der Waals surface area contributed by atoms with Crippen molar-refractivity contribution in [2.75, 3.05) is 32.0 Å². The van der Waals surface area contributed by atoms with E-state index >= 15 is 0 Å². The molecule has 1 aromatic carbocycles. The van der Waals surface area contributed by atoms with Crippen LogP contribution in [0.2, 0.25) is 0 Å². The van der Waals surface area contributed by atoms with Crippen LogP contribution >= 0.6 is 0 Å². The van der Waals surface area contributed by atoms with Crippen LogP contribution < -0.4 is 11.5 Å². The van der Waals surface area contributed by atoms with Crippen molar-refractivity contribution in [2.45, 2.75) is 26.8 Å². The summed E-state index contributed by atoms with van der Waals surface area (Å²) in [6, 6.07) is 7.64. The van der Waals surface area contributed by atoms with Crippen LogP contribution in [0.3, 0.4) is 0 Å². The molecular weight excluding hydrogens is 266 g/mol. The quantitative estimate of drug-likeness (QED) is 0.507. The zero-order valence-electron chi connectivity index (χ0n) is 13.0. The SMILES string of the molecule is CC(C)CCOCCN(CC(N)=O)Cc1ccc(N)cc1. The van der Waals surface area contributed by atoms with Gasteiger partial charge in [0.15, 0.2) is 0 Å². The maximum Gasteiger partial charge on any atom is 0.231 e. The average molecular weight is 293 g/mol. The molecule has 0 bridgehead atoms. The topological polar surface area (TPSA) is 81.6 Å². The van der Waals surface area contributed by atoms with E-state index in [1.807, 2.05) is 29.2 Å². The Morgan fingerprint density at radius 1 is 1.24 bits per heavy atom. The van der Waals surface area contributed by atoms with E-state index in [-0.39, 0.29) is 12.5 Å². The first-order chi connectivity index (χ1) is 9.97. The Bertz CT molecular complexity index is 418. The van der Waals surface area contributed by atoms with E-state index in [0.717, 1.165) is 24.3 Å². The van der Waals surface area contributed by atoms with Crippen molar-refractivity contribution in [2.24, 2.45) is 11.7 Å². The number of amides is 1. The molecule has 1 amide bonds. The molecule has 118 valence electrons. The number of benzene rings is 1. The van der Waals surface area contributed by atoms with Crippen molar-refractivity contribution < 1.29 is 9.53 Å². The summed E-state index contributed by atoms with van der Waals surface area (Å²) in [5.41, 5.74) is 12.8. The highest BCUT2D eigenvalue weighted by Crippen LogP contribution is 2.08. The van der Waals surface area contributed by atoms with Gasteiger partial charge in [0.2, 0.25) is 5.91 Å². The van der Waals surface area contributed by atoms with Gasteiger partial charge in [-0.3, -0.25) is 9.69 Å². The third-order valence-corrected chi connectivity index (χ3v) is 3.16. The molecule has 0 saturated heterocycles.